The molecule has 2 atom stereocenters. The summed E-state index contributed by atoms with van der Waals surface area (Å²) < 4.78 is 4.79. The number of hydrogen-bond acceptors (Lipinski definition) is 5. The first-order valence-electron chi connectivity index (χ1n) is 7.44. The summed E-state index contributed by atoms with van der Waals surface area (Å²) in [5.74, 6) is -1.68. The maximum absolute atomic E-state index is 12.4. The van der Waals surface area contributed by atoms with E-state index in [2.05, 4.69) is 0 Å². The standard InChI is InChI=1S/C17H19NO5/c1-11-13(17(20)23-2)8-9-15(19)16(11)14(10-18(21)22)12-6-4-3-5-7-12/h3-7,13-14H,8-10H2,1-2H3/t13-,14+/m1/s1. The van der Waals surface area contributed by atoms with Crippen molar-refractivity contribution in [2.75, 3.05) is 13.7 Å². The molecule has 0 heterocycles. The Hall–Kier alpha value is -2.50. The Bertz CT molecular complexity index is 650. The van der Waals surface area contributed by atoms with Crippen LogP contribution in [0.4, 0.5) is 0 Å². The Balaban J connectivity index is 2.52. The Labute approximate surface area is 134 Å². The summed E-state index contributed by atoms with van der Waals surface area (Å²) in [5.41, 5.74) is 1.68. The summed E-state index contributed by atoms with van der Waals surface area (Å²) in [6.07, 6.45) is 0.592. The lowest BCUT2D eigenvalue weighted by Crippen LogP contribution is -2.30. The molecule has 0 spiro atoms. The minimum atomic E-state index is -0.647. The Morgan fingerprint density at radius 2 is 2.04 bits per heavy atom. The van der Waals surface area contributed by atoms with Crippen LogP contribution in [0, 0.1) is 16.0 Å². The van der Waals surface area contributed by atoms with Gasteiger partial charge in [0.25, 0.3) is 0 Å². The highest BCUT2D eigenvalue weighted by Gasteiger charge is 2.37. The number of Topliss-reactive ketones (excluding diaryl/α,β-unsaturated/α-hetero) is 1. The summed E-state index contributed by atoms with van der Waals surface area (Å²) in [6.45, 7) is 1.32. The molecule has 0 aromatic heterocycles. The molecule has 1 aromatic rings. The number of ketones is 1. The van der Waals surface area contributed by atoms with Crippen molar-refractivity contribution in [1.29, 1.82) is 0 Å². The summed E-state index contributed by atoms with van der Waals surface area (Å²) in [5, 5.41) is 11.1. The average molecular weight is 317 g/mol. The number of hydrogen-bond donors (Lipinski definition) is 0. The number of benzene rings is 1. The highest BCUT2D eigenvalue weighted by Crippen LogP contribution is 2.37. The van der Waals surface area contributed by atoms with E-state index in [4.69, 9.17) is 4.74 Å². The molecule has 0 fully saturated rings. The monoisotopic (exact) mass is 317 g/mol. The van der Waals surface area contributed by atoms with E-state index in [-0.39, 0.29) is 18.7 Å². The quantitative estimate of drug-likeness (QED) is 0.473. The average Bonchev–Trinajstić information content (AvgIpc) is 2.54. The molecule has 6 heteroatoms. The fraction of sp³-hybridized carbons (Fsp3) is 0.412. The van der Waals surface area contributed by atoms with Gasteiger partial charge in [-0.3, -0.25) is 19.7 Å². The van der Waals surface area contributed by atoms with Crippen LogP contribution in [-0.4, -0.2) is 30.3 Å². The second kappa shape index (κ2) is 7.17. The van der Waals surface area contributed by atoms with Gasteiger partial charge in [-0.15, -0.1) is 0 Å². The largest absolute Gasteiger partial charge is 0.469 e. The number of carbonyl (C=O) groups is 2. The van der Waals surface area contributed by atoms with Crippen LogP contribution in [0.5, 0.6) is 0 Å². The topological polar surface area (TPSA) is 86.5 Å². The van der Waals surface area contributed by atoms with Gasteiger partial charge in [-0.2, -0.15) is 0 Å². The predicted octanol–water partition coefficient (Wildman–Crippen LogP) is 2.52. The van der Waals surface area contributed by atoms with Gasteiger partial charge in [-0.1, -0.05) is 35.9 Å². The van der Waals surface area contributed by atoms with Crippen molar-refractivity contribution in [3.63, 3.8) is 0 Å². The first-order valence-corrected chi connectivity index (χ1v) is 7.44. The lowest BCUT2D eigenvalue weighted by atomic mass is 9.75. The van der Waals surface area contributed by atoms with Crippen molar-refractivity contribution in [2.45, 2.75) is 25.7 Å². The number of ether oxygens (including phenoxy) is 1. The molecule has 0 saturated carbocycles. The molecule has 0 saturated heterocycles. The third kappa shape index (κ3) is 3.64. The molecule has 2 rings (SSSR count). The van der Waals surface area contributed by atoms with Gasteiger partial charge < -0.3 is 4.74 Å². The van der Waals surface area contributed by atoms with E-state index in [9.17, 15) is 19.7 Å². The number of carbonyl (C=O) groups excluding carboxylic acids is 2. The Kier molecular flexibility index (Phi) is 5.26. The molecule has 0 bridgehead atoms. The molecular weight excluding hydrogens is 298 g/mol. The van der Waals surface area contributed by atoms with Gasteiger partial charge in [0.1, 0.15) is 0 Å². The maximum atomic E-state index is 12.4. The van der Waals surface area contributed by atoms with Crippen LogP contribution in [0.15, 0.2) is 41.5 Å². The molecule has 1 aromatic carbocycles. The Morgan fingerprint density at radius 3 is 2.61 bits per heavy atom. The van der Waals surface area contributed by atoms with E-state index >= 15 is 0 Å². The molecule has 0 aliphatic heterocycles. The van der Waals surface area contributed by atoms with Crippen LogP contribution in [0.25, 0.3) is 0 Å². The molecule has 6 nitrogen and oxygen atoms in total. The van der Waals surface area contributed by atoms with Crippen LogP contribution in [0.3, 0.4) is 0 Å². The van der Waals surface area contributed by atoms with Gasteiger partial charge in [-0.05, 0) is 18.9 Å². The van der Waals surface area contributed by atoms with Gasteiger partial charge in [0, 0.05) is 16.9 Å². The molecule has 122 valence electrons. The van der Waals surface area contributed by atoms with Crippen molar-refractivity contribution in [3.05, 3.63) is 57.2 Å². The number of methoxy groups -OCH3 is 1. The van der Waals surface area contributed by atoms with Crippen molar-refractivity contribution in [3.8, 4) is 0 Å². The van der Waals surface area contributed by atoms with Gasteiger partial charge in [0.05, 0.1) is 18.9 Å². The molecule has 0 N–H and O–H groups in total. The van der Waals surface area contributed by atoms with Crippen molar-refractivity contribution in [2.24, 2.45) is 5.92 Å². The molecule has 1 aliphatic rings. The Morgan fingerprint density at radius 1 is 1.39 bits per heavy atom. The minimum absolute atomic E-state index is 0.127. The van der Waals surface area contributed by atoms with E-state index in [0.29, 0.717) is 23.1 Å². The van der Waals surface area contributed by atoms with E-state index in [1.807, 2.05) is 6.07 Å². The zero-order valence-electron chi connectivity index (χ0n) is 13.2. The number of esters is 1. The van der Waals surface area contributed by atoms with Crippen molar-refractivity contribution < 1.29 is 19.2 Å². The van der Waals surface area contributed by atoms with E-state index in [1.165, 1.54) is 7.11 Å². The summed E-state index contributed by atoms with van der Waals surface area (Å²) in [6, 6.07) is 8.91. The fourth-order valence-electron chi connectivity index (χ4n) is 3.14. The number of rotatable bonds is 5. The molecule has 0 amide bonds. The molecular formula is C17H19NO5. The second-order valence-electron chi connectivity index (χ2n) is 5.61. The maximum Gasteiger partial charge on any atom is 0.312 e. The predicted molar refractivity (Wildman–Crippen MR) is 83.5 cm³/mol. The SMILES string of the molecule is COC(=O)[C@@H]1CCC(=O)C([C@@H](C[N+](=O)[O-])c2ccccc2)=C1C. The highest BCUT2D eigenvalue weighted by molar-refractivity contribution is 6.00. The zero-order valence-corrected chi connectivity index (χ0v) is 13.2. The van der Waals surface area contributed by atoms with Gasteiger partial charge in [-0.25, -0.2) is 0 Å². The third-order valence-electron chi connectivity index (χ3n) is 4.28. The highest BCUT2D eigenvalue weighted by atomic mass is 16.6. The van der Waals surface area contributed by atoms with Crippen molar-refractivity contribution >= 4 is 11.8 Å². The van der Waals surface area contributed by atoms with Crippen LogP contribution in [0.1, 0.15) is 31.2 Å². The summed E-state index contributed by atoms with van der Waals surface area (Å²) in [4.78, 5) is 35.0. The summed E-state index contributed by atoms with van der Waals surface area (Å²) >= 11 is 0. The van der Waals surface area contributed by atoms with E-state index in [1.54, 1.807) is 31.2 Å². The lowest BCUT2D eigenvalue weighted by molar-refractivity contribution is -0.481. The van der Waals surface area contributed by atoms with Crippen LogP contribution >= 0.6 is 0 Å². The van der Waals surface area contributed by atoms with Crippen molar-refractivity contribution in [1.82, 2.24) is 0 Å². The molecule has 0 radical (unpaired) electrons. The first-order chi connectivity index (χ1) is 11.0. The number of nitrogens with zero attached hydrogens (tertiary/aromatic N) is 1. The first kappa shape index (κ1) is 16.9. The van der Waals surface area contributed by atoms with Crippen LogP contribution < -0.4 is 0 Å². The van der Waals surface area contributed by atoms with Gasteiger partial charge in [0.2, 0.25) is 6.54 Å². The van der Waals surface area contributed by atoms with E-state index in [0.717, 1.165) is 0 Å². The molecule has 23 heavy (non-hydrogen) atoms. The van der Waals surface area contributed by atoms with Crippen LogP contribution in [-0.2, 0) is 14.3 Å². The van der Waals surface area contributed by atoms with E-state index < -0.39 is 22.7 Å². The molecule has 1 aliphatic carbocycles. The summed E-state index contributed by atoms with van der Waals surface area (Å²) in [7, 11) is 1.30. The fourth-order valence-corrected chi connectivity index (χ4v) is 3.14. The van der Waals surface area contributed by atoms with Gasteiger partial charge in [0.15, 0.2) is 5.78 Å². The minimum Gasteiger partial charge on any atom is -0.469 e. The normalized spacial score (nSPS) is 19.4. The second-order valence-corrected chi connectivity index (χ2v) is 5.61. The zero-order chi connectivity index (χ0) is 17.0. The van der Waals surface area contributed by atoms with Gasteiger partial charge >= 0.3 is 5.97 Å². The number of nitro groups is 1. The molecule has 0 unspecified atom stereocenters. The van der Waals surface area contributed by atoms with Crippen LogP contribution in [0.2, 0.25) is 0 Å². The third-order valence-corrected chi connectivity index (χ3v) is 4.28. The lowest BCUT2D eigenvalue weighted by Gasteiger charge is -2.27. The smallest absolute Gasteiger partial charge is 0.312 e.